The van der Waals surface area contributed by atoms with Crippen molar-refractivity contribution in [2.24, 2.45) is 0 Å². The minimum absolute atomic E-state index is 0.236. The fourth-order valence-corrected chi connectivity index (χ4v) is 2.45. The molecule has 0 bridgehead atoms. The molecule has 0 saturated carbocycles. The molecule has 1 aromatic heterocycles. The molecule has 0 aliphatic heterocycles. The third-order valence-corrected chi connectivity index (χ3v) is 3.72. The maximum atomic E-state index is 12.7. The molecule has 4 heteroatoms. The first kappa shape index (κ1) is 15.7. The number of hydrogen-bond acceptors (Lipinski definition) is 4. The van der Waals surface area contributed by atoms with Crippen molar-refractivity contribution in [2.75, 3.05) is 7.11 Å². The summed E-state index contributed by atoms with van der Waals surface area (Å²) in [6.45, 7) is 2.00. The minimum atomic E-state index is -0.507. The molecule has 0 spiro atoms. The van der Waals surface area contributed by atoms with E-state index in [0.717, 1.165) is 11.1 Å². The molecule has 0 N–H and O–H groups in total. The van der Waals surface area contributed by atoms with Crippen LogP contribution in [0.2, 0.25) is 0 Å². The van der Waals surface area contributed by atoms with Crippen LogP contribution in [0.25, 0.3) is 17.0 Å². The highest BCUT2D eigenvalue weighted by Crippen LogP contribution is 2.28. The highest BCUT2D eigenvalue weighted by Gasteiger charge is 2.16. The van der Waals surface area contributed by atoms with Crippen LogP contribution in [0.5, 0.6) is 5.75 Å². The summed E-state index contributed by atoms with van der Waals surface area (Å²) >= 11 is 0. The Hall–Kier alpha value is -3.14. The first-order chi connectivity index (χ1) is 11.6. The van der Waals surface area contributed by atoms with Crippen LogP contribution < -0.4 is 10.4 Å². The summed E-state index contributed by atoms with van der Waals surface area (Å²) in [6.07, 6.45) is 3.18. The molecule has 24 heavy (non-hydrogen) atoms. The molecule has 0 radical (unpaired) electrons. The zero-order chi connectivity index (χ0) is 17.1. The first-order valence-corrected chi connectivity index (χ1v) is 7.48. The van der Waals surface area contributed by atoms with Crippen molar-refractivity contribution in [1.82, 2.24) is 0 Å². The quantitative estimate of drug-likeness (QED) is 0.414. The Morgan fingerprint density at radius 1 is 1.04 bits per heavy atom. The molecule has 0 amide bonds. The first-order valence-electron chi connectivity index (χ1n) is 7.48. The van der Waals surface area contributed by atoms with E-state index >= 15 is 0 Å². The van der Waals surface area contributed by atoms with E-state index in [0.29, 0.717) is 11.1 Å². The minimum Gasteiger partial charge on any atom is -0.496 e. The Bertz CT molecular complexity index is 979. The van der Waals surface area contributed by atoms with Gasteiger partial charge in [-0.25, -0.2) is 4.79 Å². The smallest absolute Gasteiger partial charge is 0.336 e. The van der Waals surface area contributed by atoms with Crippen molar-refractivity contribution in [3.05, 3.63) is 81.7 Å². The van der Waals surface area contributed by atoms with Crippen LogP contribution in [0.4, 0.5) is 0 Å². The van der Waals surface area contributed by atoms with Gasteiger partial charge in [0.25, 0.3) is 0 Å². The number of hydrogen-bond donors (Lipinski definition) is 0. The van der Waals surface area contributed by atoms with Gasteiger partial charge in [-0.2, -0.15) is 0 Å². The molecule has 1 heterocycles. The fourth-order valence-electron chi connectivity index (χ4n) is 2.45. The third-order valence-electron chi connectivity index (χ3n) is 3.72. The average molecular weight is 320 g/mol. The topological polar surface area (TPSA) is 56.5 Å². The summed E-state index contributed by atoms with van der Waals surface area (Å²) < 4.78 is 10.5. The summed E-state index contributed by atoms with van der Waals surface area (Å²) in [5, 5.41) is 0.669. The van der Waals surface area contributed by atoms with Crippen molar-refractivity contribution in [2.45, 2.75) is 6.92 Å². The molecule has 0 atom stereocenters. The number of aryl methyl sites for hydroxylation is 1. The summed E-state index contributed by atoms with van der Waals surface area (Å²) in [5.74, 6) is 0.0859. The van der Waals surface area contributed by atoms with E-state index in [-0.39, 0.29) is 16.9 Å². The van der Waals surface area contributed by atoms with Gasteiger partial charge in [-0.05, 0) is 36.8 Å². The molecule has 3 aromatic rings. The van der Waals surface area contributed by atoms with Gasteiger partial charge in [-0.15, -0.1) is 0 Å². The van der Waals surface area contributed by atoms with E-state index < -0.39 is 5.63 Å². The number of methoxy groups -OCH3 is 1. The molecule has 0 saturated heterocycles. The molecule has 120 valence electrons. The molecule has 0 unspecified atom stereocenters. The predicted octanol–water partition coefficient (Wildman–Crippen LogP) is 4.01. The Morgan fingerprint density at radius 3 is 2.46 bits per heavy atom. The summed E-state index contributed by atoms with van der Waals surface area (Å²) in [4.78, 5) is 24.2. The van der Waals surface area contributed by atoms with Gasteiger partial charge in [0.2, 0.25) is 0 Å². The lowest BCUT2D eigenvalue weighted by Gasteiger charge is -2.08. The number of carbonyl (C=O) groups is 1. The van der Waals surface area contributed by atoms with Gasteiger partial charge >= 0.3 is 5.63 Å². The van der Waals surface area contributed by atoms with Crippen LogP contribution in [0.3, 0.4) is 0 Å². The standard InChI is InChI=1S/C20H16O4/c1-13-3-5-14(6-4-13)7-10-16(21)19-17(23-2)11-8-15-9-12-18(22)24-20(15)19/h3-12H,1-2H3/b10-7+. The molecule has 4 nitrogen and oxygen atoms in total. The maximum absolute atomic E-state index is 12.7. The van der Waals surface area contributed by atoms with Crippen LogP contribution in [0, 0.1) is 6.92 Å². The van der Waals surface area contributed by atoms with Crippen LogP contribution in [-0.4, -0.2) is 12.9 Å². The lowest BCUT2D eigenvalue weighted by atomic mass is 10.0. The maximum Gasteiger partial charge on any atom is 0.336 e. The number of fused-ring (bicyclic) bond motifs is 1. The van der Waals surface area contributed by atoms with E-state index in [2.05, 4.69) is 0 Å². The van der Waals surface area contributed by atoms with Gasteiger partial charge < -0.3 is 9.15 Å². The monoisotopic (exact) mass is 320 g/mol. The number of allylic oxidation sites excluding steroid dienone is 1. The second kappa shape index (κ2) is 6.54. The lowest BCUT2D eigenvalue weighted by Crippen LogP contribution is -2.03. The van der Waals surface area contributed by atoms with Gasteiger partial charge in [0.1, 0.15) is 11.3 Å². The highest BCUT2D eigenvalue weighted by molar-refractivity contribution is 6.15. The Kier molecular flexibility index (Phi) is 4.29. The second-order valence-corrected chi connectivity index (χ2v) is 5.42. The van der Waals surface area contributed by atoms with Crippen molar-refractivity contribution in [3.63, 3.8) is 0 Å². The number of carbonyl (C=O) groups excluding carboxylic acids is 1. The van der Waals surface area contributed by atoms with Crippen molar-refractivity contribution in [1.29, 1.82) is 0 Å². The van der Waals surface area contributed by atoms with Crippen molar-refractivity contribution < 1.29 is 13.9 Å². The summed E-state index contributed by atoms with van der Waals surface area (Å²) in [6, 6.07) is 14.2. The van der Waals surface area contributed by atoms with E-state index in [1.54, 1.807) is 24.3 Å². The number of benzene rings is 2. The van der Waals surface area contributed by atoms with Crippen LogP contribution in [-0.2, 0) is 0 Å². The molecular formula is C20H16O4. The molecule has 2 aromatic carbocycles. The van der Waals surface area contributed by atoms with E-state index in [1.165, 1.54) is 19.3 Å². The number of ketones is 1. The third kappa shape index (κ3) is 3.13. The molecule has 0 aliphatic carbocycles. The van der Waals surface area contributed by atoms with Crippen molar-refractivity contribution >= 4 is 22.8 Å². The van der Waals surface area contributed by atoms with Crippen molar-refractivity contribution in [3.8, 4) is 5.75 Å². The predicted molar refractivity (Wildman–Crippen MR) is 93.6 cm³/mol. The highest BCUT2D eigenvalue weighted by atomic mass is 16.5. The van der Waals surface area contributed by atoms with E-state index in [4.69, 9.17) is 9.15 Å². The van der Waals surface area contributed by atoms with Gasteiger partial charge in [-0.1, -0.05) is 35.9 Å². The van der Waals surface area contributed by atoms with E-state index in [1.807, 2.05) is 31.2 Å². The van der Waals surface area contributed by atoms with Crippen LogP contribution in [0.1, 0.15) is 21.5 Å². The van der Waals surface area contributed by atoms with Crippen LogP contribution in [0.15, 0.2) is 63.8 Å². The summed E-state index contributed by atoms with van der Waals surface area (Å²) in [7, 11) is 1.47. The largest absolute Gasteiger partial charge is 0.496 e. The van der Waals surface area contributed by atoms with Gasteiger partial charge in [0.15, 0.2) is 11.4 Å². The number of rotatable bonds is 4. The van der Waals surface area contributed by atoms with Gasteiger partial charge in [0.05, 0.1) is 7.11 Å². The Labute approximate surface area is 139 Å². The van der Waals surface area contributed by atoms with Gasteiger partial charge in [-0.3, -0.25) is 4.79 Å². The van der Waals surface area contributed by atoms with Crippen LogP contribution >= 0.6 is 0 Å². The molecule has 0 fully saturated rings. The summed E-state index contributed by atoms with van der Waals surface area (Å²) in [5.41, 5.74) is 2.04. The van der Waals surface area contributed by atoms with Gasteiger partial charge in [0, 0.05) is 11.5 Å². The zero-order valence-electron chi connectivity index (χ0n) is 13.4. The zero-order valence-corrected chi connectivity index (χ0v) is 13.4. The molecule has 0 aliphatic rings. The van der Waals surface area contributed by atoms with E-state index in [9.17, 15) is 9.59 Å². The average Bonchev–Trinajstić information content (AvgIpc) is 2.59. The molecular weight excluding hydrogens is 304 g/mol. The Morgan fingerprint density at radius 2 is 1.75 bits per heavy atom. The fraction of sp³-hybridized carbons (Fsp3) is 0.100. The SMILES string of the molecule is COc1ccc2ccc(=O)oc2c1C(=O)/C=C/c1ccc(C)cc1. The number of ether oxygens (including phenoxy) is 1. The normalized spacial score (nSPS) is 11.1. The lowest BCUT2D eigenvalue weighted by molar-refractivity contribution is 0.104. The Balaban J connectivity index is 2.06. The second-order valence-electron chi connectivity index (χ2n) is 5.42. The molecule has 3 rings (SSSR count).